The number of rotatable bonds is 4. The fourth-order valence-electron chi connectivity index (χ4n) is 3.19. The summed E-state index contributed by atoms with van der Waals surface area (Å²) in [7, 11) is 2.17. The maximum Gasteiger partial charge on any atom is 0.328 e. The molecule has 2 unspecified atom stereocenters. The molecule has 2 rings (SSSR count). The molecule has 2 atom stereocenters. The minimum absolute atomic E-state index is 0.619. The first-order chi connectivity index (χ1) is 9.97. The number of carboxylic acid groups (broad SMARTS) is 1. The van der Waals surface area contributed by atoms with Crippen LogP contribution in [0.2, 0.25) is 0 Å². The van der Waals surface area contributed by atoms with Crippen LogP contribution in [0.4, 0.5) is 5.69 Å². The molecule has 0 spiro atoms. The molecule has 1 aliphatic rings. The smallest absolute Gasteiger partial charge is 0.328 e. The van der Waals surface area contributed by atoms with Crippen molar-refractivity contribution >= 4 is 17.7 Å². The maximum atomic E-state index is 10.6. The van der Waals surface area contributed by atoms with Gasteiger partial charge in [-0.1, -0.05) is 25.8 Å². The Morgan fingerprint density at radius 1 is 1.38 bits per heavy atom. The maximum absolute atomic E-state index is 10.6. The van der Waals surface area contributed by atoms with Gasteiger partial charge in [0, 0.05) is 24.9 Å². The highest BCUT2D eigenvalue weighted by Crippen LogP contribution is 2.30. The van der Waals surface area contributed by atoms with Crippen LogP contribution in [0.5, 0.6) is 0 Å². The highest BCUT2D eigenvalue weighted by molar-refractivity contribution is 5.85. The number of aryl methyl sites for hydroxylation is 1. The second kappa shape index (κ2) is 6.79. The molecular formula is C18H25NO2. The van der Waals surface area contributed by atoms with E-state index in [1.54, 1.807) is 6.08 Å². The summed E-state index contributed by atoms with van der Waals surface area (Å²) < 4.78 is 0. The summed E-state index contributed by atoms with van der Waals surface area (Å²) in [6.45, 7) is 4.37. The average Bonchev–Trinajstić information content (AvgIpc) is 2.45. The Balaban J connectivity index is 2.13. The fourth-order valence-corrected chi connectivity index (χ4v) is 3.19. The van der Waals surface area contributed by atoms with Gasteiger partial charge in [-0.3, -0.25) is 0 Å². The number of aliphatic carboxylic acids is 1. The van der Waals surface area contributed by atoms with Gasteiger partial charge in [0.15, 0.2) is 0 Å². The van der Waals surface area contributed by atoms with Crippen molar-refractivity contribution in [3.05, 3.63) is 35.4 Å². The largest absolute Gasteiger partial charge is 0.478 e. The van der Waals surface area contributed by atoms with Gasteiger partial charge in [-0.25, -0.2) is 4.79 Å². The third-order valence-corrected chi connectivity index (χ3v) is 4.52. The molecule has 0 aliphatic heterocycles. The number of carbonyl (C=O) groups is 1. The molecule has 21 heavy (non-hydrogen) atoms. The van der Waals surface area contributed by atoms with E-state index in [9.17, 15) is 4.79 Å². The molecule has 1 fully saturated rings. The lowest BCUT2D eigenvalue weighted by Crippen LogP contribution is -2.35. The monoisotopic (exact) mass is 287 g/mol. The van der Waals surface area contributed by atoms with Crippen molar-refractivity contribution in [3.8, 4) is 0 Å². The van der Waals surface area contributed by atoms with Crippen LogP contribution >= 0.6 is 0 Å². The molecule has 0 bridgehead atoms. The van der Waals surface area contributed by atoms with Crippen molar-refractivity contribution in [3.63, 3.8) is 0 Å². The summed E-state index contributed by atoms with van der Waals surface area (Å²) in [6, 6.07) is 6.87. The minimum Gasteiger partial charge on any atom is -0.478 e. The van der Waals surface area contributed by atoms with Gasteiger partial charge in [0.05, 0.1) is 0 Å². The van der Waals surface area contributed by atoms with Crippen molar-refractivity contribution in [2.75, 3.05) is 11.9 Å². The predicted octanol–water partition coefficient (Wildman–Crippen LogP) is 4.11. The molecule has 1 aromatic carbocycles. The number of carboxylic acids is 1. The van der Waals surface area contributed by atoms with Gasteiger partial charge >= 0.3 is 5.97 Å². The van der Waals surface area contributed by atoms with E-state index in [-0.39, 0.29) is 0 Å². The molecule has 1 N–H and O–H groups in total. The SMILES string of the molecule is Cc1cc(N(C)C2CCCC(C)C2)ccc1C=CC(=O)O. The van der Waals surface area contributed by atoms with Crippen LogP contribution in [0.3, 0.4) is 0 Å². The third-order valence-electron chi connectivity index (χ3n) is 4.52. The highest BCUT2D eigenvalue weighted by atomic mass is 16.4. The van der Waals surface area contributed by atoms with Crippen molar-refractivity contribution in [2.24, 2.45) is 5.92 Å². The number of nitrogens with zero attached hydrogens (tertiary/aromatic N) is 1. The first-order valence-corrected chi connectivity index (χ1v) is 7.72. The number of hydrogen-bond donors (Lipinski definition) is 1. The van der Waals surface area contributed by atoms with Gasteiger partial charge in [0.2, 0.25) is 0 Å². The summed E-state index contributed by atoms with van der Waals surface area (Å²) in [5.41, 5.74) is 3.30. The van der Waals surface area contributed by atoms with E-state index in [2.05, 4.69) is 31.0 Å². The van der Waals surface area contributed by atoms with Crippen LogP contribution in [0, 0.1) is 12.8 Å². The molecule has 0 heterocycles. The van der Waals surface area contributed by atoms with E-state index in [0.29, 0.717) is 6.04 Å². The third kappa shape index (κ3) is 4.10. The van der Waals surface area contributed by atoms with Gasteiger partial charge in [-0.15, -0.1) is 0 Å². The second-order valence-corrected chi connectivity index (χ2v) is 6.25. The zero-order valence-corrected chi connectivity index (χ0v) is 13.2. The van der Waals surface area contributed by atoms with Crippen molar-refractivity contribution in [2.45, 2.75) is 45.6 Å². The van der Waals surface area contributed by atoms with E-state index < -0.39 is 5.97 Å². The summed E-state index contributed by atoms with van der Waals surface area (Å²) in [4.78, 5) is 13.0. The summed E-state index contributed by atoms with van der Waals surface area (Å²) in [6.07, 6.45) is 8.03. The lowest BCUT2D eigenvalue weighted by atomic mass is 9.86. The Kier molecular flexibility index (Phi) is 5.05. The molecule has 1 saturated carbocycles. The normalized spacial score (nSPS) is 22.4. The quantitative estimate of drug-likeness (QED) is 0.847. The van der Waals surface area contributed by atoms with Gasteiger partial charge in [-0.2, -0.15) is 0 Å². The Morgan fingerprint density at radius 2 is 2.14 bits per heavy atom. The van der Waals surface area contributed by atoms with Crippen LogP contribution < -0.4 is 4.90 Å². The Morgan fingerprint density at radius 3 is 2.76 bits per heavy atom. The lowest BCUT2D eigenvalue weighted by molar-refractivity contribution is -0.131. The fraction of sp³-hybridized carbons (Fsp3) is 0.500. The summed E-state index contributed by atoms with van der Waals surface area (Å²) in [5, 5.41) is 8.71. The number of hydrogen-bond acceptors (Lipinski definition) is 2. The van der Waals surface area contributed by atoms with Crippen LogP contribution in [-0.2, 0) is 4.79 Å². The zero-order chi connectivity index (χ0) is 15.4. The number of anilines is 1. The molecule has 0 saturated heterocycles. The van der Waals surface area contributed by atoms with Crippen LogP contribution in [0.15, 0.2) is 24.3 Å². The molecule has 1 aromatic rings. The minimum atomic E-state index is -0.910. The van der Waals surface area contributed by atoms with E-state index in [4.69, 9.17) is 5.11 Å². The van der Waals surface area contributed by atoms with Gasteiger partial charge in [0.1, 0.15) is 0 Å². The van der Waals surface area contributed by atoms with Crippen LogP contribution in [0.1, 0.15) is 43.7 Å². The molecule has 0 aromatic heterocycles. The Bertz CT molecular complexity index is 536. The van der Waals surface area contributed by atoms with Crippen molar-refractivity contribution in [1.82, 2.24) is 0 Å². The molecule has 114 valence electrons. The molecule has 3 heteroatoms. The molecule has 0 radical (unpaired) electrons. The topological polar surface area (TPSA) is 40.5 Å². The molecule has 0 amide bonds. The second-order valence-electron chi connectivity index (χ2n) is 6.25. The molecule has 3 nitrogen and oxygen atoms in total. The van der Waals surface area contributed by atoms with Gasteiger partial charge < -0.3 is 10.0 Å². The summed E-state index contributed by atoms with van der Waals surface area (Å²) in [5.74, 6) is -0.100. The van der Waals surface area contributed by atoms with E-state index in [1.165, 1.54) is 37.4 Å². The standard InChI is InChI=1S/C18H25NO2/c1-13-5-4-6-16(11-13)19(3)17-9-7-15(14(2)12-17)8-10-18(20)21/h7-10,12-13,16H,4-6,11H2,1-3H3,(H,20,21). The Hall–Kier alpha value is -1.77. The van der Waals surface area contributed by atoms with Gasteiger partial charge in [0.25, 0.3) is 0 Å². The Labute approximate surface area is 127 Å². The summed E-state index contributed by atoms with van der Waals surface area (Å²) >= 11 is 0. The van der Waals surface area contributed by atoms with E-state index in [1.807, 2.05) is 13.0 Å². The lowest BCUT2D eigenvalue weighted by Gasteiger charge is -2.35. The number of benzene rings is 1. The first-order valence-electron chi connectivity index (χ1n) is 7.72. The zero-order valence-electron chi connectivity index (χ0n) is 13.2. The van der Waals surface area contributed by atoms with Gasteiger partial charge in [-0.05, 0) is 55.0 Å². The van der Waals surface area contributed by atoms with Crippen molar-refractivity contribution < 1.29 is 9.90 Å². The highest BCUT2D eigenvalue weighted by Gasteiger charge is 2.22. The molecule has 1 aliphatic carbocycles. The van der Waals surface area contributed by atoms with Crippen molar-refractivity contribution in [1.29, 1.82) is 0 Å². The first kappa shape index (κ1) is 15.6. The van der Waals surface area contributed by atoms with E-state index in [0.717, 1.165) is 17.0 Å². The van der Waals surface area contributed by atoms with Crippen LogP contribution in [-0.4, -0.2) is 24.2 Å². The van der Waals surface area contributed by atoms with E-state index >= 15 is 0 Å². The molecular weight excluding hydrogens is 262 g/mol. The van der Waals surface area contributed by atoms with Crippen LogP contribution in [0.25, 0.3) is 6.08 Å². The average molecular weight is 287 g/mol. The predicted molar refractivity (Wildman–Crippen MR) is 87.7 cm³/mol.